The van der Waals surface area contributed by atoms with Crippen molar-refractivity contribution in [2.24, 2.45) is 16.5 Å². The Kier molecular flexibility index (Phi) is 10.5. The van der Waals surface area contributed by atoms with E-state index < -0.39 is 18.2 Å². The number of alkyl carbamates (subject to hydrolysis) is 1. The minimum absolute atomic E-state index is 0.0138. The number of esters is 1. The third kappa shape index (κ3) is 10.3. The molecule has 0 spiro atoms. The molecular formula is C22H37N3O6. The molecule has 3 atom stereocenters. The first kappa shape index (κ1) is 26.5. The Morgan fingerprint density at radius 1 is 1.13 bits per heavy atom. The van der Waals surface area contributed by atoms with E-state index in [1.807, 2.05) is 13.8 Å². The van der Waals surface area contributed by atoms with Crippen molar-refractivity contribution < 1.29 is 28.7 Å². The van der Waals surface area contributed by atoms with Crippen LogP contribution in [-0.2, 0) is 19.1 Å². The second-order valence-electron chi connectivity index (χ2n) is 8.95. The third-order valence-electron chi connectivity index (χ3n) is 5.27. The van der Waals surface area contributed by atoms with Gasteiger partial charge in [0.05, 0.1) is 5.71 Å². The molecule has 0 saturated heterocycles. The number of amides is 2. The molecule has 1 aliphatic rings. The van der Waals surface area contributed by atoms with Crippen LogP contribution in [0.15, 0.2) is 17.3 Å². The summed E-state index contributed by atoms with van der Waals surface area (Å²) in [5, 5.41) is 9.51. The molecule has 0 aliphatic heterocycles. The van der Waals surface area contributed by atoms with Crippen molar-refractivity contribution in [3.63, 3.8) is 0 Å². The van der Waals surface area contributed by atoms with Crippen LogP contribution in [0.2, 0.25) is 0 Å². The Morgan fingerprint density at radius 2 is 1.77 bits per heavy atom. The quantitative estimate of drug-likeness (QED) is 0.140. The summed E-state index contributed by atoms with van der Waals surface area (Å²) in [7, 11) is 0. The van der Waals surface area contributed by atoms with Crippen molar-refractivity contribution in [1.29, 1.82) is 0 Å². The summed E-state index contributed by atoms with van der Waals surface area (Å²) in [5.74, 6) is -0.377. The van der Waals surface area contributed by atoms with Crippen molar-refractivity contribution in [2.45, 2.75) is 79.3 Å². The number of nitrogens with zero attached hydrogens (tertiary/aromatic N) is 1. The molecule has 0 aromatic heterocycles. The fourth-order valence-corrected chi connectivity index (χ4v) is 3.60. The third-order valence-corrected chi connectivity index (χ3v) is 5.27. The van der Waals surface area contributed by atoms with Gasteiger partial charge >= 0.3 is 18.2 Å². The maximum absolute atomic E-state index is 12.1. The van der Waals surface area contributed by atoms with Crippen LogP contribution in [0.3, 0.4) is 0 Å². The van der Waals surface area contributed by atoms with Crippen molar-refractivity contribution in [2.75, 3.05) is 13.2 Å². The first-order valence-electron chi connectivity index (χ1n) is 10.7. The van der Waals surface area contributed by atoms with Crippen LogP contribution in [0.4, 0.5) is 9.59 Å². The minimum atomic E-state index is -0.574. The Balaban J connectivity index is 2.51. The number of carbonyl (C=O) groups is 3. The number of oxime groups is 1. The van der Waals surface area contributed by atoms with Gasteiger partial charge in [-0.15, -0.1) is 0 Å². The van der Waals surface area contributed by atoms with Crippen LogP contribution in [-0.4, -0.2) is 49.2 Å². The van der Waals surface area contributed by atoms with Crippen LogP contribution >= 0.6 is 0 Å². The van der Waals surface area contributed by atoms with Gasteiger partial charge in [-0.25, -0.2) is 14.4 Å². The predicted molar refractivity (Wildman–Crippen MR) is 118 cm³/mol. The van der Waals surface area contributed by atoms with Gasteiger partial charge in [0.1, 0.15) is 13.2 Å². The van der Waals surface area contributed by atoms with Crippen LogP contribution in [0.5, 0.6) is 0 Å². The lowest BCUT2D eigenvalue weighted by Crippen LogP contribution is -2.49. The molecule has 1 rings (SSSR count). The van der Waals surface area contributed by atoms with Gasteiger partial charge in [-0.05, 0) is 57.8 Å². The molecule has 1 aliphatic carbocycles. The number of hydrogen-bond acceptors (Lipinski definition) is 7. The monoisotopic (exact) mass is 439 g/mol. The highest BCUT2D eigenvalue weighted by atomic mass is 16.7. The molecule has 1 saturated carbocycles. The van der Waals surface area contributed by atoms with Gasteiger partial charge in [0, 0.05) is 17.7 Å². The van der Waals surface area contributed by atoms with Gasteiger partial charge in [0.2, 0.25) is 0 Å². The second kappa shape index (κ2) is 12.3. The smallest absolute Gasteiger partial charge is 0.433 e. The summed E-state index contributed by atoms with van der Waals surface area (Å²) in [6, 6.07) is -0.245. The van der Waals surface area contributed by atoms with E-state index in [1.54, 1.807) is 13.8 Å². The molecular weight excluding hydrogens is 402 g/mol. The van der Waals surface area contributed by atoms with E-state index in [1.165, 1.54) is 0 Å². The van der Waals surface area contributed by atoms with Crippen molar-refractivity contribution in [1.82, 2.24) is 10.6 Å². The van der Waals surface area contributed by atoms with Gasteiger partial charge in [0.15, 0.2) is 0 Å². The van der Waals surface area contributed by atoms with E-state index in [2.05, 4.69) is 36.2 Å². The highest BCUT2D eigenvalue weighted by Gasteiger charge is 2.37. The molecule has 9 nitrogen and oxygen atoms in total. The lowest BCUT2D eigenvalue weighted by molar-refractivity contribution is -0.139. The van der Waals surface area contributed by atoms with Crippen LogP contribution in [0.25, 0.3) is 0 Å². The van der Waals surface area contributed by atoms with Crippen LogP contribution in [0.1, 0.15) is 67.2 Å². The van der Waals surface area contributed by atoms with E-state index in [-0.39, 0.29) is 42.2 Å². The summed E-state index contributed by atoms with van der Waals surface area (Å²) >= 11 is 0. The summed E-state index contributed by atoms with van der Waals surface area (Å²) in [5.41, 5.74) is 1.01. The maximum atomic E-state index is 12.1. The molecule has 0 aromatic carbocycles. The van der Waals surface area contributed by atoms with Gasteiger partial charge in [-0.3, -0.25) is 4.84 Å². The highest BCUT2D eigenvalue weighted by Crippen LogP contribution is 2.40. The number of rotatable bonds is 9. The fourth-order valence-electron chi connectivity index (χ4n) is 3.60. The molecule has 0 radical (unpaired) electrons. The van der Waals surface area contributed by atoms with Gasteiger partial charge < -0.3 is 20.1 Å². The molecule has 31 heavy (non-hydrogen) atoms. The van der Waals surface area contributed by atoms with Gasteiger partial charge in [0.25, 0.3) is 0 Å². The summed E-state index contributed by atoms with van der Waals surface area (Å²) in [6.07, 6.45) is 1.97. The zero-order chi connectivity index (χ0) is 23.6. The lowest BCUT2D eigenvalue weighted by atomic mass is 9.68. The molecule has 0 aromatic rings. The molecule has 0 heterocycles. The van der Waals surface area contributed by atoms with Gasteiger partial charge in [-0.1, -0.05) is 32.5 Å². The van der Waals surface area contributed by atoms with E-state index in [9.17, 15) is 14.4 Å². The van der Waals surface area contributed by atoms with E-state index in [4.69, 9.17) is 14.3 Å². The molecule has 3 unspecified atom stereocenters. The van der Waals surface area contributed by atoms with Crippen molar-refractivity contribution in [3.05, 3.63) is 12.2 Å². The van der Waals surface area contributed by atoms with E-state index in [0.29, 0.717) is 12.8 Å². The molecule has 0 bridgehead atoms. The number of hydrogen-bond donors (Lipinski definition) is 2. The molecule has 176 valence electrons. The normalized spacial score (nSPS) is 21.4. The van der Waals surface area contributed by atoms with E-state index in [0.717, 1.165) is 18.6 Å². The molecule has 2 amide bonds. The molecule has 2 N–H and O–H groups in total. The van der Waals surface area contributed by atoms with Crippen LogP contribution < -0.4 is 10.6 Å². The first-order chi connectivity index (χ1) is 14.4. The standard InChI is InChI=1S/C22H37N3O6/c1-8-15(4)25-31-21(28)24-18-11-17(12-22(6,7)13-18)16(5)23-20(27)30-10-9-29-19(26)14(2)3/h16-18H,2,8-13H2,1,3-7H3,(H,23,27)(H,24,28). The Labute approximate surface area is 184 Å². The summed E-state index contributed by atoms with van der Waals surface area (Å²) < 4.78 is 9.97. The number of nitrogens with one attached hydrogen (secondary N) is 2. The maximum Gasteiger partial charge on any atom is 0.433 e. The SMILES string of the molecule is C=C(C)C(=O)OCCOC(=O)NC(C)C1CC(NC(=O)ON=C(C)CC)CC(C)(C)C1. The zero-order valence-electron chi connectivity index (χ0n) is 19.6. The number of carbonyl (C=O) groups excluding carboxylic acids is 3. The zero-order valence-corrected chi connectivity index (χ0v) is 19.6. The molecule has 9 heteroatoms. The summed E-state index contributed by atoms with van der Waals surface area (Å²) in [4.78, 5) is 40.4. The van der Waals surface area contributed by atoms with Gasteiger partial charge in [-0.2, -0.15) is 0 Å². The average Bonchev–Trinajstić information content (AvgIpc) is 2.67. The van der Waals surface area contributed by atoms with Crippen molar-refractivity contribution >= 4 is 23.9 Å². The van der Waals surface area contributed by atoms with Crippen LogP contribution in [0, 0.1) is 11.3 Å². The minimum Gasteiger partial charge on any atom is -0.459 e. The average molecular weight is 440 g/mol. The topological polar surface area (TPSA) is 115 Å². The Hall–Kier alpha value is -2.58. The highest BCUT2D eigenvalue weighted by molar-refractivity contribution is 5.86. The first-order valence-corrected chi connectivity index (χ1v) is 10.7. The number of ether oxygens (including phenoxy) is 2. The van der Waals surface area contributed by atoms with E-state index >= 15 is 0 Å². The predicted octanol–water partition coefficient (Wildman–Crippen LogP) is 3.93. The Morgan fingerprint density at radius 3 is 2.39 bits per heavy atom. The second-order valence-corrected chi connectivity index (χ2v) is 8.95. The largest absolute Gasteiger partial charge is 0.459 e. The fraction of sp³-hybridized carbons (Fsp3) is 0.727. The summed E-state index contributed by atoms with van der Waals surface area (Å²) in [6.45, 7) is 14.9. The molecule has 1 fully saturated rings. The van der Waals surface area contributed by atoms with Crippen molar-refractivity contribution in [3.8, 4) is 0 Å². The Bertz CT molecular complexity index is 689. The lowest BCUT2D eigenvalue weighted by Gasteiger charge is -2.42.